The van der Waals surface area contributed by atoms with E-state index in [9.17, 15) is 0 Å². The third-order valence-electron chi connectivity index (χ3n) is 1.57. The van der Waals surface area contributed by atoms with Gasteiger partial charge in [-0.3, -0.25) is 0 Å². The molecule has 0 radical (unpaired) electrons. The highest BCUT2D eigenvalue weighted by atomic mass is 35.5. The van der Waals surface area contributed by atoms with Crippen LogP contribution >= 0.6 is 12.4 Å². The average molecular weight is 183 g/mol. The summed E-state index contributed by atoms with van der Waals surface area (Å²) in [6.07, 6.45) is 6.50. The first kappa shape index (κ1) is 13.8. The van der Waals surface area contributed by atoms with E-state index in [0.717, 1.165) is 25.7 Å². The maximum atomic E-state index is 8.43. The van der Waals surface area contributed by atoms with Crippen molar-refractivity contribution in [2.45, 2.75) is 38.5 Å². The molecular formula is C8H19ClO2. The molecule has 0 heterocycles. The molecule has 0 aliphatic heterocycles. The van der Waals surface area contributed by atoms with Crippen LogP contribution in [-0.2, 0) is 0 Å². The normalized spacial score (nSPS) is 9.27. The predicted octanol–water partition coefficient (Wildman–Crippen LogP) is 1.73. The first-order valence-electron chi connectivity index (χ1n) is 4.13. The molecule has 0 saturated heterocycles. The number of hydrogen-bond acceptors (Lipinski definition) is 2. The third-order valence-corrected chi connectivity index (χ3v) is 1.57. The Morgan fingerprint density at radius 2 is 0.818 bits per heavy atom. The highest BCUT2D eigenvalue weighted by molar-refractivity contribution is 5.85. The van der Waals surface area contributed by atoms with Crippen LogP contribution in [0.2, 0.25) is 0 Å². The molecule has 0 aromatic rings. The van der Waals surface area contributed by atoms with Gasteiger partial charge >= 0.3 is 0 Å². The molecule has 0 aromatic carbocycles. The Morgan fingerprint density at radius 3 is 1.09 bits per heavy atom. The summed E-state index contributed by atoms with van der Waals surface area (Å²) in [5.74, 6) is 0. The van der Waals surface area contributed by atoms with E-state index in [1.807, 2.05) is 0 Å². The van der Waals surface area contributed by atoms with Crippen LogP contribution in [0.5, 0.6) is 0 Å². The Kier molecular flexibility index (Phi) is 16.1. The molecule has 0 fully saturated rings. The lowest BCUT2D eigenvalue weighted by Gasteiger charge is -1.97. The Balaban J connectivity index is 0. The van der Waals surface area contributed by atoms with Crippen molar-refractivity contribution in [2.75, 3.05) is 13.2 Å². The SMILES string of the molecule is Cl.OCCCCCCCCO. The van der Waals surface area contributed by atoms with Gasteiger partial charge in [0, 0.05) is 13.2 Å². The summed E-state index contributed by atoms with van der Waals surface area (Å²) >= 11 is 0. The first-order chi connectivity index (χ1) is 4.91. The molecule has 0 aromatic heterocycles. The van der Waals surface area contributed by atoms with Gasteiger partial charge in [-0.15, -0.1) is 12.4 Å². The van der Waals surface area contributed by atoms with Gasteiger partial charge in [-0.1, -0.05) is 25.7 Å². The quantitative estimate of drug-likeness (QED) is 0.589. The smallest absolute Gasteiger partial charge is 0.0431 e. The van der Waals surface area contributed by atoms with Gasteiger partial charge in [0.05, 0.1) is 0 Å². The molecule has 0 spiro atoms. The van der Waals surface area contributed by atoms with Crippen molar-refractivity contribution in [1.29, 1.82) is 0 Å². The molecule has 2 N–H and O–H groups in total. The van der Waals surface area contributed by atoms with Gasteiger partial charge in [0.1, 0.15) is 0 Å². The lowest BCUT2D eigenvalue weighted by atomic mass is 10.1. The van der Waals surface area contributed by atoms with Crippen molar-refractivity contribution in [3.05, 3.63) is 0 Å². The van der Waals surface area contributed by atoms with E-state index < -0.39 is 0 Å². The highest BCUT2D eigenvalue weighted by Crippen LogP contribution is 2.03. The van der Waals surface area contributed by atoms with E-state index in [2.05, 4.69) is 0 Å². The zero-order valence-electron chi connectivity index (χ0n) is 6.96. The summed E-state index contributed by atoms with van der Waals surface area (Å²) in [4.78, 5) is 0. The molecule has 0 saturated carbocycles. The second-order valence-corrected chi connectivity index (χ2v) is 2.57. The van der Waals surface area contributed by atoms with Gasteiger partial charge in [-0.05, 0) is 12.8 Å². The van der Waals surface area contributed by atoms with E-state index in [-0.39, 0.29) is 12.4 Å². The van der Waals surface area contributed by atoms with Crippen LogP contribution in [0, 0.1) is 0 Å². The minimum atomic E-state index is 0. The zero-order chi connectivity index (χ0) is 7.66. The van der Waals surface area contributed by atoms with E-state index in [1.54, 1.807) is 0 Å². The van der Waals surface area contributed by atoms with Crippen molar-refractivity contribution in [1.82, 2.24) is 0 Å². The number of halogens is 1. The molecule has 70 valence electrons. The van der Waals surface area contributed by atoms with Gasteiger partial charge in [-0.25, -0.2) is 0 Å². The summed E-state index contributed by atoms with van der Waals surface area (Å²) in [6, 6.07) is 0. The zero-order valence-corrected chi connectivity index (χ0v) is 7.78. The minimum Gasteiger partial charge on any atom is -0.396 e. The van der Waals surface area contributed by atoms with Gasteiger partial charge < -0.3 is 10.2 Å². The van der Waals surface area contributed by atoms with E-state index in [4.69, 9.17) is 10.2 Å². The lowest BCUT2D eigenvalue weighted by molar-refractivity contribution is 0.275. The predicted molar refractivity (Wildman–Crippen MR) is 49.1 cm³/mol. The third kappa shape index (κ3) is 13.2. The topological polar surface area (TPSA) is 40.5 Å². The molecule has 0 aliphatic rings. The van der Waals surface area contributed by atoms with Crippen molar-refractivity contribution < 1.29 is 10.2 Å². The fourth-order valence-corrected chi connectivity index (χ4v) is 0.931. The van der Waals surface area contributed by atoms with Crippen LogP contribution in [0.3, 0.4) is 0 Å². The van der Waals surface area contributed by atoms with E-state index in [1.165, 1.54) is 12.8 Å². The first-order valence-corrected chi connectivity index (χ1v) is 4.13. The second kappa shape index (κ2) is 12.8. The monoisotopic (exact) mass is 182 g/mol. The van der Waals surface area contributed by atoms with Crippen molar-refractivity contribution in [3.63, 3.8) is 0 Å². The molecule has 0 bridgehead atoms. The fourth-order valence-electron chi connectivity index (χ4n) is 0.931. The summed E-state index contributed by atoms with van der Waals surface area (Å²) in [5.41, 5.74) is 0. The van der Waals surface area contributed by atoms with Crippen molar-refractivity contribution in [3.8, 4) is 0 Å². The fraction of sp³-hybridized carbons (Fsp3) is 1.00. The Hall–Kier alpha value is 0.210. The number of aliphatic hydroxyl groups excluding tert-OH is 2. The van der Waals surface area contributed by atoms with E-state index >= 15 is 0 Å². The number of aliphatic hydroxyl groups is 2. The Bertz CT molecular complexity index is 52.1. The molecule has 3 heteroatoms. The second-order valence-electron chi connectivity index (χ2n) is 2.57. The lowest BCUT2D eigenvalue weighted by Crippen LogP contribution is -1.85. The van der Waals surface area contributed by atoms with Crippen molar-refractivity contribution in [2.24, 2.45) is 0 Å². The Morgan fingerprint density at radius 1 is 0.545 bits per heavy atom. The molecular weight excluding hydrogens is 164 g/mol. The summed E-state index contributed by atoms with van der Waals surface area (Å²) in [6.45, 7) is 0.639. The summed E-state index contributed by atoms with van der Waals surface area (Å²) in [7, 11) is 0. The molecule has 0 aliphatic carbocycles. The number of rotatable bonds is 7. The highest BCUT2D eigenvalue weighted by Gasteiger charge is 1.88. The molecule has 2 nitrogen and oxygen atoms in total. The van der Waals surface area contributed by atoms with Crippen molar-refractivity contribution >= 4 is 12.4 Å². The average Bonchev–Trinajstić information content (AvgIpc) is 1.97. The summed E-state index contributed by atoms with van der Waals surface area (Å²) in [5, 5.41) is 16.9. The van der Waals surface area contributed by atoms with E-state index in [0.29, 0.717) is 13.2 Å². The molecule has 0 atom stereocenters. The van der Waals surface area contributed by atoms with Crippen LogP contribution in [0.1, 0.15) is 38.5 Å². The molecule has 11 heavy (non-hydrogen) atoms. The number of unbranched alkanes of at least 4 members (excludes halogenated alkanes) is 5. The van der Waals surface area contributed by atoms with Crippen LogP contribution in [-0.4, -0.2) is 23.4 Å². The maximum Gasteiger partial charge on any atom is 0.0431 e. The maximum absolute atomic E-state index is 8.43. The van der Waals surface area contributed by atoms with Crippen LogP contribution in [0.4, 0.5) is 0 Å². The molecule has 0 unspecified atom stereocenters. The summed E-state index contributed by atoms with van der Waals surface area (Å²) < 4.78 is 0. The molecule has 0 amide bonds. The minimum absolute atomic E-state index is 0. The van der Waals surface area contributed by atoms with Gasteiger partial charge in [0.2, 0.25) is 0 Å². The molecule has 0 rings (SSSR count). The Labute approximate surface area is 75.0 Å². The van der Waals surface area contributed by atoms with Crippen LogP contribution < -0.4 is 0 Å². The van der Waals surface area contributed by atoms with Gasteiger partial charge in [-0.2, -0.15) is 0 Å². The van der Waals surface area contributed by atoms with Crippen LogP contribution in [0.25, 0.3) is 0 Å². The van der Waals surface area contributed by atoms with Crippen LogP contribution in [0.15, 0.2) is 0 Å². The number of hydrogen-bond donors (Lipinski definition) is 2. The van der Waals surface area contributed by atoms with Gasteiger partial charge in [0.15, 0.2) is 0 Å². The largest absolute Gasteiger partial charge is 0.396 e. The van der Waals surface area contributed by atoms with Gasteiger partial charge in [0.25, 0.3) is 0 Å². The standard InChI is InChI=1S/C8H18O2.ClH/c9-7-5-3-1-2-4-6-8-10;/h9-10H,1-8H2;1H.